The molecule has 1 amide bonds. The van der Waals surface area contributed by atoms with Crippen molar-refractivity contribution in [1.29, 1.82) is 0 Å². The van der Waals surface area contributed by atoms with Crippen molar-refractivity contribution < 1.29 is 9.90 Å². The highest BCUT2D eigenvalue weighted by molar-refractivity contribution is 8.01. The first kappa shape index (κ1) is 16.3. The zero-order valence-corrected chi connectivity index (χ0v) is 15.6. The quantitative estimate of drug-likeness (QED) is 0.859. The summed E-state index contributed by atoms with van der Waals surface area (Å²) in [6.45, 7) is 7.16. The molecule has 0 aromatic heterocycles. The van der Waals surface area contributed by atoms with Gasteiger partial charge in [-0.05, 0) is 63.2 Å². The summed E-state index contributed by atoms with van der Waals surface area (Å²) in [5, 5.41) is 10.5. The molecule has 4 bridgehead atoms. The molecule has 130 valence electrons. The molecule has 0 radical (unpaired) electrons. The minimum absolute atomic E-state index is 0.214. The van der Waals surface area contributed by atoms with Crippen molar-refractivity contribution in [1.82, 2.24) is 4.90 Å². The standard InChI is InChI=1S/C19H31NO2S/c1-17(2)11-20(12-18(17,3)22)16(21)10-23-19-7-13-4-14(8-19)6-15(5-13)9-19/h13-15,22H,4-12H2,1-3H3/t13?,14?,15?,18-,19?/m0/s1. The number of likely N-dealkylation sites (tertiary alicyclic amines) is 1. The fraction of sp³-hybridized carbons (Fsp3) is 0.947. The number of hydrogen-bond acceptors (Lipinski definition) is 3. The molecule has 0 spiro atoms. The van der Waals surface area contributed by atoms with Crippen molar-refractivity contribution in [2.24, 2.45) is 23.2 Å². The van der Waals surface area contributed by atoms with Gasteiger partial charge in [0.05, 0.1) is 11.4 Å². The van der Waals surface area contributed by atoms with Crippen LogP contribution in [0.25, 0.3) is 0 Å². The SMILES string of the molecule is CC1(C)CN(C(=O)CSC23CC4CC(CC(C4)C2)C3)C[C@]1(C)O. The molecule has 0 unspecified atom stereocenters. The van der Waals surface area contributed by atoms with Gasteiger partial charge in [-0.25, -0.2) is 0 Å². The van der Waals surface area contributed by atoms with Crippen LogP contribution in [-0.4, -0.2) is 45.1 Å². The number of nitrogens with zero attached hydrogens (tertiary/aromatic N) is 1. The third kappa shape index (κ3) is 2.74. The summed E-state index contributed by atoms with van der Waals surface area (Å²) < 4.78 is 0.405. The molecular formula is C19H31NO2S. The molecule has 1 saturated heterocycles. The molecule has 1 aliphatic heterocycles. The molecule has 5 fully saturated rings. The van der Waals surface area contributed by atoms with Gasteiger partial charge in [0, 0.05) is 23.3 Å². The Bertz CT molecular complexity index is 462. The van der Waals surface area contributed by atoms with Crippen molar-refractivity contribution in [2.75, 3.05) is 18.8 Å². The lowest BCUT2D eigenvalue weighted by molar-refractivity contribution is -0.128. The molecule has 4 aliphatic carbocycles. The smallest absolute Gasteiger partial charge is 0.232 e. The topological polar surface area (TPSA) is 40.5 Å². The summed E-state index contributed by atoms with van der Waals surface area (Å²) in [6.07, 6.45) is 8.41. The van der Waals surface area contributed by atoms with E-state index in [1.54, 1.807) is 0 Å². The van der Waals surface area contributed by atoms with Gasteiger partial charge in [-0.1, -0.05) is 13.8 Å². The summed E-state index contributed by atoms with van der Waals surface area (Å²) in [4.78, 5) is 14.6. The molecule has 5 rings (SSSR count). The fourth-order valence-electron chi connectivity index (χ4n) is 5.98. The first-order valence-electron chi connectivity index (χ1n) is 9.32. The van der Waals surface area contributed by atoms with Gasteiger partial charge < -0.3 is 10.0 Å². The first-order chi connectivity index (χ1) is 10.7. The average molecular weight is 338 g/mol. The van der Waals surface area contributed by atoms with Crippen molar-refractivity contribution in [3.05, 3.63) is 0 Å². The second-order valence-electron chi connectivity index (χ2n) is 9.80. The monoisotopic (exact) mass is 337 g/mol. The second kappa shape index (κ2) is 5.14. The summed E-state index contributed by atoms with van der Waals surface area (Å²) in [5.74, 6) is 3.66. The number of carbonyl (C=O) groups is 1. The Morgan fingerprint density at radius 2 is 1.57 bits per heavy atom. The van der Waals surface area contributed by atoms with E-state index in [0.717, 1.165) is 17.8 Å². The van der Waals surface area contributed by atoms with Gasteiger partial charge in [0.25, 0.3) is 0 Å². The molecule has 1 heterocycles. The minimum Gasteiger partial charge on any atom is -0.388 e. The zero-order valence-electron chi connectivity index (χ0n) is 14.8. The maximum absolute atomic E-state index is 12.7. The van der Waals surface area contributed by atoms with E-state index in [1.165, 1.54) is 38.5 Å². The summed E-state index contributed by atoms with van der Waals surface area (Å²) in [6, 6.07) is 0. The van der Waals surface area contributed by atoms with Crippen LogP contribution in [-0.2, 0) is 4.79 Å². The van der Waals surface area contributed by atoms with Crippen LogP contribution in [0.4, 0.5) is 0 Å². The normalized spacial score (nSPS) is 47.3. The summed E-state index contributed by atoms with van der Waals surface area (Å²) in [7, 11) is 0. The van der Waals surface area contributed by atoms with E-state index in [9.17, 15) is 9.90 Å². The van der Waals surface area contributed by atoms with E-state index < -0.39 is 5.60 Å². The number of rotatable bonds is 3. The Morgan fingerprint density at radius 1 is 1.04 bits per heavy atom. The highest BCUT2D eigenvalue weighted by Crippen LogP contribution is 2.60. The van der Waals surface area contributed by atoms with Crippen LogP contribution in [0.1, 0.15) is 59.3 Å². The van der Waals surface area contributed by atoms with E-state index in [-0.39, 0.29) is 11.3 Å². The Morgan fingerprint density at radius 3 is 2.00 bits per heavy atom. The van der Waals surface area contributed by atoms with Gasteiger partial charge in [0.2, 0.25) is 5.91 Å². The third-order valence-corrected chi connectivity index (χ3v) is 8.88. The molecule has 4 heteroatoms. The van der Waals surface area contributed by atoms with Gasteiger partial charge in [-0.15, -0.1) is 11.8 Å². The van der Waals surface area contributed by atoms with Gasteiger partial charge in [0.1, 0.15) is 0 Å². The molecule has 3 nitrogen and oxygen atoms in total. The highest BCUT2D eigenvalue weighted by Gasteiger charge is 2.52. The summed E-state index contributed by atoms with van der Waals surface area (Å²) in [5.41, 5.74) is -0.984. The lowest BCUT2D eigenvalue weighted by atomic mass is 9.56. The van der Waals surface area contributed by atoms with Crippen molar-refractivity contribution >= 4 is 17.7 Å². The minimum atomic E-state index is -0.770. The number of thioether (sulfide) groups is 1. The zero-order chi connectivity index (χ0) is 16.5. The van der Waals surface area contributed by atoms with E-state index >= 15 is 0 Å². The Kier molecular flexibility index (Phi) is 3.63. The van der Waals surface area contributed by atoms with Crippen LogP contribution in [0.15, 0.2) is 0 Å². The molecule has 4 saturated carbocycles. The Hall–Kier alpha value is -0.220. The van der Waals surface area contributed by atoms with Crippen LogP contribution in [0.3, 0.4) is 0 Å². The van der Waals surface area contributed by atoms with Crippen molar-refractivity contribution in [2.45, 2.75) is 69.6 Å². The molecular weight excluding hydrogens is 306 g/mol. The molecule has 5 aliphatic rings. The molecule has 23 heavy (non-hydrogen) atoms. The predicted octanol–water partition coefficient (Wildman–Crippen LogP) is 3.31. The molecule has 0 aromatic carbocycles. The highest BCUT2D eigenvalue weighted by atomic mass is 32.2. The molecule has 1 atom stereocenters. The largest absolute Gasteiger partial charge is 0.388 e. The van der Waals surface area contributed by atoms with Gasteiger partial charge in [-0.3, -0.25) is 4.79 Å². The van der Waals surface area contributed by atoms with Crippen LogP contribution in [0.5, 0.6) is 0 Å². The predicted molar refractivity (Wildman–Crippen MR) is 94.3 cm³/mol. The number of amides is 1. The van der Waals surface area contributed by atoms with Crippen LogP contribution in [0.2, 0.25) is 0 Å². The van der Waals surface area contributed by atoms with Crippen LogP contribution < -0.4 is 0 Å². The van der Waals surface area contributed by atoms with E-state index in [4.69, 9.17) is 0 Å². The maximum atomic E-state index is 12.7. The number of β-amino-alcohol motifs (C(OH)–C–C–N with tert-alkyl or cyclic N) is 1. The third-order valence-electron chi connectivity index (χ3n) is 7.38. The maximum Gasteiger partial charge on any atom is 0.232 e. The summed E-state index contributed by atoms with van der Waals surface area (Å²) >= 11 is 1.96. The average Bonchev–Trinajstić information content (AvgIpc) is 2.63. The second-order valence-corrected chi connectivity index (χ2v) is 11.2. The number of hydrogen-bond donors (Lipinski definition) is 1. The lowest BCUT2D eigenvalue weighted by Gasteiger charge is -2.56. The van der Waals surface area contributed by atoms with E-state index in [2.05, 4.69) is 13.8 Å². The Labute approximate surface area is 144 Å². The molecule has 0 aromatic rings. The van der Waals surface area contributed by atoms with Gasteiger partial charge in [-0.2, -0.15) is 0 Å². The van der Waals surface area contributed by atoms with Crippen molar-refractivity contribution in [3.8, 4) is 0 Å². The number of carbonyl (C=O) groups excluding carboxylic acids is 1. The van der Waals surface area contributed by atoms with Gasteiger partial charge in [0.15, 0.2) is 0 Å². The van der Waals surface area contributed by atoms with E-state index in [1.807, 2.05) is 23.6 Å². The molecule has 1 N–H and O–H groups in total. The fourth-order valence-corrected chi connectivity index (χ4v) is 7.65. The van der Waals surface area contributed by atoms with Gasteiger partial charge >= 0.3 is 0 Å². The Balaban J connectivity index is 1.38. The van der Waals surface area contributed by atoms with Crippen LogP contribution >= 0.6 is 11.8 Å². The number of aliphatic hydroxyl groups is 1. The van der Waals surface area contributed by atoms with Crippen molar-refractivity contribution in [3.63, 3.8) is 0 Å². The van der Waals surface area contributed by atoms with Crippen LogP contribution in [0, 0.1) is 23.2 Å². The first-order valence-corrected chi connectivity index (χ1v) is 10.3. The van der Waals surface area contributed by atoms with E-state index in [0.29, 0.717) is 23.6 Å². The lowest BCUT2D eigenvalue weighted by Crippen LogP contribution is -2.49.